The Hall–Kier alpha value is -0.340. The van der Waals surface area contributed by atoms with Crippen molar-refractivity contribution in [3.63, 3.8) is 0 Å². The molecule has 0 unspecified atom stereocenters. The molecule has 0 spiro atoms. The SMILES string of the molecule is CCC[C@@H](O)[C@H](C)/C=C(\C)CO. The quantitative estimate of drug-likeness (QED) is 0.620. The van der Waals surface area contributed by atoms with Crippen LogP contribution in [0.1, 0.15) is 33.6 Å². The van der Waals surface area contributed by atoms with Crippen molar-refractivity contribution < 1.29 is 10.2 Å². The lowest BCUT2D eigenvalue weighted by atomic mass is 9.98. The van der Waals surface area contributed by atoms with Crippen molar-refractivity contribution in [1.29, 1.82) is 0 Å². The molecule has 0 heterocycles. The minimum Gasteiger partial charge on any atom is -0.393 e. The molecule has 0 rings (SSSR count). The molecule has 0 bridgehead atoms. The molecule has 0 amide bonds. The molecular weight excluding hydrogens is 152 g/mol. The summed E-state index contributed by atoms with van der Waals surface area (Å²) < 4.78 is 0. The molecular formula is C10H20O2. The highest BCUT2D eigenvalue weighted by Crippen LogP contribution is 2.12. The van der Waals surface area contributed by atoms with Gasteiger partial charge >= 0.3 is 0 Å². The van der Waals surface area contributed by atoms with Crippen LogP contribution in [0.25, 0.3) is 0 Å². The Kier molecular flexibility index (Phi) is 6.03. The van der Waals surface area contributed by atoms with Gasteiger partial charge in [0, 0.05) is 5.92 Å². The zero-order valence-corrected chi connectivity index (χ0v) is 8.25. The van der Waals surface area contributed by atoms with Crippen LogP contribution >= 0.6 is 0 Å². The maximum Gasteiger partial charge on any atom is 0.0639 e. The average Bonchev–Trinajstić information content (AvgIpc) is 2.04. The fourth-order valence-corrected chi connectivity index (χ4v) is 1.17. The number of aliphatic hydroxyl groups is 2. The monoisotopic (exact) mass is 172 g/mol. The van der Waals surface area contributed by atoms with E-state index in [4.69, 9.17) is 5.11 Å². The predicted octanol–water partition coefficient (Wildman–Crippen LogP) is 1.72. The van der Waals surface area contributed by atoms with Crippen LogP contribution in [0.2, 0.25) is 0 Å². The summed E-state index contributed by atoms with van der Waals surface area (Å²) in [7, 11) is 0. The summed E-state index contributed by atoms with van der Waals surface area (Å²) in [5, 5.41) is 18.3. The van der Waals surface area contributed by atoms with Crippen LogP contribution in [-0.2, 0) is 0 Å². The molecule has 0 aromatic carbocycles. The Morgan fingerprint density at radius 3 is 2.50 bits per heavy atom. The van der Waals surface area contributed by atoms with Gasteiger partial charge in [-0.05, 0) is 13.3 Å². The molecule has 12 heavy (non-hydrogen) atoms. The van der Waals surface area contributed by atoms with Gasteiger partial charge in [0.15, 0.2) is 0 Å². The lowest BCUT2D eigenvalue weighted by Gasteiger charge is -2.15. The lowest BCUT2D eigenvalue weighted by Crippen LogP contribution is -2.15. The number of hydrogen-bond donors (Lipinski definition) is 2. The van der Waals surface area contributed by atoms with Crippen molar-refractivity contribution in [2.75, 3.05) is 6.61 Å². The third-order valence-electron chi connectivity index (χ3n) is 1.99. The Balaban J connectivity index is 3.92. The summed E-state index contributed by atoms with van der Waals surface area (Å²) in [6.07, 6.45) is 3.49. The summed E-state index contributed by atoms with van der Waals surface area (Å²) in [6.45, 7) is 5.98. The van der Waals surface area contributed by atoms with Crippen LogP contribution < -0.4 is 0 Å². The Morgan fingerprint density at radius 2 is 2.08 bits per heavy atom. The number of rotatable bonds is 5. The van der Waals surface area contributed by atoms with Gasteiger partial charge in [0.25, 0.3) is 0 Å². The van der Waals surface area contributed by atoms with Gasteiger partial charge in [0.2, 0.25) is 0 Å². The first-order chi connectivity index (χ1) is 5.61. The summed E-state index contributed by atoms with van der Waals surface area (Å²) in [5.41, 5.74) is 0.928. The van der Waals surface area contributed by atoms with Crippen molar-refractivity contribution in [1.82, 2.24) is 0 Å². The van der Waals surface area contributed by atoms with Crippen molar-refractivity contribution in [3.8, 4) is 0 Å². The smallest absolute Gasteiger partial charge is 0.0639 e. The average molecular weight is 172 g/mol. The summed E-state index contributed by atoms with van der Waals surface area (Å²) in [6, 6.07) is 0. The number of aliphatic hydroxyl groups excluding tert-OH is 2. The van der Waals surface area contributed by atoms with E-state index in [-0.39, 0.29) is 18.6 Å². The van der Waals surface area contributed by atoms with E-state index in [1.165, 1.54) is 0 Å². The second kappa shape index (κ2) is 6.21. The van der Waals surface area contributed by atoms with E-state index in [0.29, 0.717) is 0 Å². The van der Waals surface area contributed by atoms with Gasteiger partial charge in [-0.3, -0.25) is 0 Å². The van der Waals surface area contributed by atoms with Gasteiger partial charge in [0.1, 0.15) is 0 Å². The third kappa shape index (κ3) is 4.52. The highest BCUT2D eigenvalue weighted by Gasteiger charge is 2.09. The van der Waals surface area contributed by atoms with Gasteiger partial charge < -0.3 is 10.2 Å². The highest BCUT2D eigenvalue weighted by atomic mass is 16.3. The molecule has 0 radical (unpaired) electrons. The van der Waals surface area contributed by atoms with Gasteiger partial charge in [-0.1, -0.05) is 31.9 Å². The minimum atomic E-state index is -0.267. The maximum atomic E-state index is 9.54. The molecule has 0 aliphatic heterocycles. The first-order valence-electron chi connectivity index (χ1n) is 4.58. The van der Waals surface area contributed by atoms with Crippen molar-refractivity contribution >= 4 is 0 Å². The first-order valence-corrected chi connectivity index (χ1v) is 4.58. The molecule has 0 aliphatic carbocycles. The second-order valence-corrected chi connectivity index (χ2v) is 3.39. The van der Waals surface area contributed by atoms with Gasteiger partial charge in [-0.2, -0.15) is 0 Å². The normalized spacial score (nSPS) is 17.6. The van der Waals surface area contributed by atoms with Crippen LogP contribution in [0.5, 0.6) is 0 Å². The van der Waals surface area contributed by atoms with Crippen molar-refractivity contribution in [3.05, 3.63) is 11.6 Å². The molecule has 0 aliphatic rings. The van der Waals surface area contributed by atoms with Crippen LogP contribution in [0.15, 0.2) is 11.6 Å². The van der Waals surface area contributed by atoms with Gasteiger partial charge in [-0.15, -0.1) is 0 Å². The largest absolute Gasteiger partial charge is 0.393 e. The highest BCUT2D eigenvalue weighted by molar-refractivity contribution is 5.01. The molecule has 2 heteroatoms. The van der Waals surface area contributed by atoms with E-state index in [2.05, 4.69) is 6.92 Å². The summed E-state index contributed by atoms with van der Waals surface area (Å²) in [5.74, 6) is 0.150. The molecule has 2 nitrogen and oxygen atoms in total. The molecule has 0 fully saturated rings. The van der Waals surface area contributed by atoms with Gasteiger partial charge in [0.05, 0.1) is 12.7 Å². The predicted molar refractivity (Wildman–Crippen MR) is 50.9 cm³/mol. The fraction of sp³-hybridized carbons (Fsp3) is 0.800. The van der Waals surface area contributed by atoms with E-state index in [1.807, 2.05) is 19.9 Å². The lowest BCUT2D eigenvalue weighted by molar-refractivity contribution is 0.126. The summed E-state index contributed by atoms with van der Waals surface area (Å²) >= 11 is 0. The molecule has 2 atom stereocenters. The maximum absolute atomic E-state index is 9.54. The van der Waals surface area contributed by atoms with Crippen LogP contribution in [0.3, 0.4) is 0 Å². The third-order valence-corrected chi connectivity index (χ3v) is 1.99. The summed E-state index contributed by atoms with van der Waals surface area (Å²) in [4.78, 5) is 0. The molecule has 72 valence electrons. The number of hydrogen-bond acceptors (Lipinski definition) is 2. The second-order valence-electron chi connectivity index (χ2n) is 3.39. The van der Waals surface area contributed by atoms with Crippen LogP contribution in [-0.4, -0.2) is 22.9 Å². The standard InChI is InChI=1S/C10H20O2/c1-4-5-10(12)9(3)6-8(2)7-11/h6,9-12H,4-5,7H2,1-3H3/b8-6+/t9-,10-/m1/s1. The minimum absolute atomic E-state index is 0.0865. The van der Waals surface area contributed by atoms with E-state index >= 15 is 0 Å². The molecule has 0 aromatic heterocycles. The molecule has 0 saturated heterocycles. The molecule has 0 aromatic rings. The Bertz CT molecular complexity index is 141. The Morgan fingerprint density at radius 1 is 1.50 bits per heavy atom. The van der Waals surface area contributed by atoms with Crippen molar-refractivity contribution in [2.45, 2.75) is 39.7 Å². The topological polar surface area (TPSA) is 40.5 Å². The van der Waals surface area contributed by atoms with Crippen LogP contribution in [0, 0.1) is 5.92 Å². The van der Waals surface area contributed by atoms with Crippen molar-refractivity contribution in [2.24, 2.45) is 5.92 Å². The van der Waals surface area contributed by atoms with E-state index in [1.54, 1.807) is 0 Å². The van der Waals surface area contributed by atoms with E-state index in [0.717, 1.165) is 18.4 Å². The zero-order chi connectivity index (χ0) is 9.56. The van der Waals surface area contributed by atoms with Crippen LogP contribution in [0.4, 0.5) is 0 Å². The van der Waals surface area contributed by atoms with Gasteiger partial charge in [-0.25, -0.2) is 0 Å². The van der Waals surface area contributed by atoms with E-state index < -0.39 is 0 Å². The molecule has 0 saturated carbocycles. The first kappa shape index (κ1) is 11.7. The Labute approximate surface area is 74.9 Å². The zero-order valence-electron chi connectivity index (χ0n) is 8.25. The fourth-order valence-electron chi connectivity index (χ4n) is 1.17. The van der Waals surface area contributed by atoms with E-state index in [9.17, 15) is 5.11 Å². The molecule has 2 N–H and O–H groups in total.